The van der Waals surface area contributed by atoms with Crippen LogP contribution in [0.15, 0.2) is 0 Å². The Labute approximate surface area is 48.7 Å². The van der Waals surface area contributed by atoms with Crippen LogP contribution in [0.3, 0.4) is 0 Å². The molecule has 0 saturated carbocycles. The molecule has 0 rings (SSSR count). The van der Waals surface area contributed by atoms with E-state index in [-0.39, 0.29) is 0 Å². The molecule has 48 valence electrons. The van der Waals surface area contributed by atoms with Crippen LogP contribution < -0.4 is 5.32 Å². The normalized spacial score (nSPS) is 12.8. The monoisotopic (exact) mass is 117 g/mol. The molecule has 0 spiro atoms. The predicted octanol–water partition coefficient (Wildman–Crippen LogP) is -0.149. The van der Waals surface area contributed by atoms with E-state index in [2.05, 4.69) is 5.32 Å². The molecule has 2 N–H and O–H groups in total. The van der Waals surface area contributed by atoms with Gasteiger partial charge in [0.05, 0.1) is 0 Å². The Hall–Kier alpha value is -0.570. The molecular weight excluding hydrogens is 106 g/mol. The molecule has 3 heteroatoms. The van der Waals surface area contributed by atoms with Crippen molar-refractivity contribution in [3.8, 4) is 0 Å². The van der Waals surface area contributed by atoms with Gasteiger partial charge in [-0.15, -0.1) is 0 Å². The van der Waals surface area contributed by atoms with Gasteiger partial charge >= 0.3 is 0 Å². The van der Waals surface area contributed by atoms with E-state index in [1.165, 1.54) is 0 Å². The van der Waals surface area contributed by atoms with Crippen molar-refractivity contribution in [2.45, 2.75) is 26.0 Å². The van der Waals surface area contributed by atoms with Crippen molar-refractivity contribution in [3.05, 3.63) is 0 Å². The molecule has 0 aromatic heterocycles. The summed E-state index contributed by atoms with van der Waals surface area (Å²) in [5.74, 6) is 0. The third-order valence-electron chi connectivity index (χ3n) is 0.823. The lowest BCUT2D eigenvalue weighted by Crippen LogP contribution is -2.26. The van der Waals surface area contributed by atoms with Crippen molar-refractivity contribution in [2.24, 2.45) is 0 Å². The van der Waals surface area contributed by atoms with Crippen LogP contribution in [0, 0.1) is 0 Å². The van der Waals surface area contributed by atoms with Crippen LogP contribution in [0.1, 0.15) is 19.8 Å². The van der Waals surface area contributed by atoms with E-state index in [9.17, 15) is 4.79 Å². The standard InChI is InChI=1S/C5H11NO2/c1-2-3-5(8)6-4-7/h4-5,8H,2-3H2,1H3,(H,6,7). The maximum absolute atomic E-state index is 9.62. The van der Waals surface area contributed by atoms with Crippen LogP contribution in [0.25, 0.3) is 0 Å². The van der Waals surface area contributed by atoms with Crippen molar-refractivity contribution >= 4 is 6.41 Å². The Morgan fingerprint density at radius 2 is 2.50 bits per heavy atom. The first kappa shape index (κ1) is 7.43. The lowest BCUT2D eigenvalue weighted by molar-refractivity contribution is -0.112. The Morgan fingerprint density at radius 1 is 1.88 bits per heavy atom. The maximum Gasteiger partial charge on any atom is 0.209 e. The second-order valence-corrected chi connectivity index (χ2v) is 1.59. The zero-order chi connectivity index (χ0) is 6.41. The number of aliphatic hydroxyl groups excluding tert-OH is 1. The van der Waals surface area contributed by atoms with Crippen molar-refractivity contribution in [2.75, 3.05) is 0 Å². The molecule has 0 aromatic carbocycles. The van der Waals surface area contributed by atoms with Crippen LogP contribution in [-0.4, -0.2) is 17.7 Å². The summed E-state index contributed by atoms with van der Waals surface area (Å²) in [6.07, 6.45) is 1.35. The van der Waals surface area contributed by atoms with E-state index in [1.54, 1.807) is 0 Å². The smallest absolute Gasteiger partial charge is 0.209 e. The third-order valence-corrected chi connectivity index (χ3v) is 0.823. The van der Waals surface area contributed by atoms with Crippen molar-refractivity contribution < 1.29 is 9.90 Å². The van der Waals surface area contributed by atoms with Crippen molar-refractivity contribution in [3.63, 3.8) is 0 Å². The lowest BCUT2D eigenvalue weighted by Gasteiger charge is -2.04. The van der Waals surface area contributed by atoms with Gasteiger partial charge in [0.2, 0.25) is 6.41 Å². The molecule has 0 aliphatic rings. The van der Waals surface area contributed by atoms with E-state index in [4.69, 9.17) is 5.11 Å². The zero-order valence-electron chi connectivity index (χ0n) is 4.92. The molecule has 0 fully saturated rings. The highest BCUT2D eigenvalue weighted by Gasteiger charge is 1.95. The largest absolute Gasteiger partial charge is 0.374 e. The van der Waals surface area contributed by atoms with E-state index >= 15 is 0 Å². The average molecular weight is 117 g/mol. The highest BCUT2D eigenvalue weighted by molar-refractivity contribution is 5.46. The topological polar surface area (TPSA) is 49.3 Å². The van der Waals surface area contributed by atoms with E-state index in [0.717, 1.165) is 6.42 Å². The van der Waals surface area contributed by atoms with Crippen LogP contribution in [0.2, 0.25) is 0 Å². The fourth-order valence-electron chi connectivity index (χ4n) is 0.435. The van der Waals surface area contributed by atoms with Crippen LogP contribution in [-0.2, 0) is 4.79 Å². The average Bonchev–Trinajstić information content (AvgIpc) is 1.68. The molecule has 0 saturated heterocycles. The summed E-state index contributed by atoms with van der Waals surface area (Å²) >= 11 is 0. The Kier molecular flexibility index (Phi) is 4.26. The first-order chi connectivity index (χ1) is 3.81. The molecule has 0 aliphatic heterocycles. The van der Waals surface area contributed by atoms with Gasteiger partial charge in [-0.1, -0.05) is 13.3 Å². The van der Waals surface area contributed by atoms with Crippen molar-refractivity contribution in [1.29, 1.82) is 0 Å². The van der Waals surface area contributed by atoms with Crippen LogP contribution in [0.5, 0.6) is 0 Å². The number of hydrogen-bond donors (Lipinski definition) is 2. The fourth-order valence-corrected chi connectivity index (χ4v) is 0.435. The summed E-state index contributed by atoms with van der Waals surface area (Å²) in [7, 11) is 0. The summed E-state index contributed by atoms with van der Waals surface area (Å²) in [6.45, 7) is 1.94. The minimum Gasteiger partial charge on any atom is -0.374 e. The van der Waals surface area contributed by atoms with Crippen LogP contribution >= 0.6 is 0 Å². The number of amides is 1. The highest BCUT2D eigenvalue weighted by Crippen LogP contribution is 1.88. The van der Waals surface area contributed by atoms with Gasteiger partial charge in [0.25, 0.3) is 0 Å². The number of carbonyl (C=O) groups is 1. The SMILES string of the molecule is CCCC(O)NC=O. The van der Waals surface area contributed by atoms with Gasteiger partial charge in [0, 0.05) is 0 Å². The Balaban J connectivity index is 3.03. The molecule has 8 heavy (non-hydrogen) atoms. The molecule has 1 atom stereocenters. The minimum absolute atomic E-state index is 0.500. The lowest BCUT2D eigenvalue weighted by atomic mass is 10.3. The highest BCUT2D eigenvalue weighted by atomic mass is 16.3. The first-order valence-corrected chi connectivity index (χ1v) is 2.69. The van der Waals surface area contributed by atoms with Gasteiger partial charge < -0.3 is 10.4 Å². The van der Waals surface area contributed by atoms with E-state index in [1.807, 2.05) is 6.92 Å². The molecule has 3 nitrogen and oxygen atoms in total. The first-order valence-electron chi connectivity index (χ1n) is 2.69. The van der Waals surface area contributed by atoms with Gasteiger partial charge in [0.15, 0.2) is 0 Å². The summed E-state index contributed by atoms with van der Waals surface area (Å²) in [5.41, 5.74) is 0. The quantitative estimate of drug-likeness (QED) is 0.397. The van der Waals surface area contributed by atoms with Gasteiger partial charge in [0.1, 0.15) is 6.23 Å². The van der Waals surface area contributed by atoms with Crippen LogP contribution in [0.4, 0.5) is 0 Å². The second-order valence-electron chi connectivity index (χ2n) is 1.59. The Morgan fingerprint density at radius 3 is 2.88 bits per heavy atom. The number of hydrogen-bond acceptors (Lipinski definition) is 2. The molecule has 0 radical (unpaired) electrons. The third kappa shape index (κ3) is 3.61. The molecule has 0 bridgehead atoms. The number of carbonyl (C=O) groups excluding carboxylic acids is 1. The van der Waals surface area contributed by atoms with Crippen molar-refractivity contribution in [1.82, 2.24) is 5.32 Å². The summed E-state index contributed by atoms with van der Waals surface area (Å²) in [4.78, 5) is 9.62. The molecular formula is C5H11NO2. The molecule has 1 amide bonds. The van der Waals surface area contributed by atoms with E-state index < -0.39 is 6.23 Å². The second kappa shape index (κ2) is 4.59. The summed E-state index contributed by atoms with van der Waals surface area (Å²) < 4.78 is 0. The summed E-state index contributed by atoms with van der Waals surface area (Å²) in [5, 5.41) is 10.9. The minimum atomic E-state index is -0.655. The molecule has 0 aromatic rings. The molecule has 0 aliphatic carbocycles. The number of rotatable bonds is 4. The zero-order valence-corrected chi connectivity index (χ0v) is 4.92. The molecule has 1 unspecified atom stereocenters. The number of nitrogens with one attached hydrogen (secondary N) is 1. The molecule has 0 heterocycles. The van der Waals surface area contributed by atoms with Gasteiger partial charge in [-0.25, -0.2) is 0 Å². The fraction of sp³-hybridized carbons (Fsp3) is 0.800. The number of aliphatic hydroxyl groups is 1. The van der Waals surface area contributed by atoms with Gasteiger partial charge in [-0.2, -0.15) is 0 Å². The maximum atomic E-state index is 9.62. The summed E-state index contributed by atoms with van der Waals surface area (Å²) in [6, 6.07) is 0. The van der Waals surface area contributed by atoms with Gasteiger partial charge in [-0.3, -0.25) is 4.79 Å². The van der Waals surface area contributed by atoms with Gasteiger partial charge in [-0.05, 0) is 6.42 Å². The van der Waals surface area contributed by atoms with E-state index in [0.29, 0.717) is 12.8 Å². The predicted molar refractivity (Wildman–Crippen MR) is 30.1 cm³/mol. The Bertz CT molecular complexity index is 65.4.